The second kappa shape index (κ2) is 7.11. The third kappa shape index (κ3) is 5.04. The number of cyclic esters (lactones) is 1. The van der Waals surface area contributed by atoms with Crippen molar-refractivity contribution in [2.45, 2.75) is 19.3 Å². The van der Waals surface area contributed by atoms with Gasteiger partial charge in [0, 0.05) is 39.1 Å². The predicted octanol–water partition coefficient (Wildman–Crippen LogP) is 0.956. The lowest BCUT2D eigenvalue weighted by Gasteiger charge is -2.32. The van der Waals surface area contributed by atoms with Crippen molar-refractivity contribution in [2.75, 3.05) is 33.4 Å². The fraction of sp³-hybridized carbons (Fsp3) is 0.818. The number of amides is 1. The molecule has 6 heteroatoms. The minimum absolute atomic E-state index is 0.117. The zero-order valence-corrected chi connectivity index (χ0v) is 10.1. The molecule has 1 unspecified atom stereocenters. The fourth-order valence-electron chi connectivity index (χ4n) is 1.80. The molecule has 0 bridgehead atoms. The van der Waals surface area contributed by atoms with Crippen molar-refractivity contribution in [2.24, 2.45) is 5.92 Å². The van der Waals surface area contributed by atoms with E-state index in [9.17, 15) is 9.59 Å². The molecule has 0 spiro atoms. The van der Waals surface area contributed by atoms with E-state index < -0.39 is 5.97 Å². The maximum atomic E-state index is 11.4. The molecule has 0 saturated carbocycles. The lowest BCUT2D eigenvalue weighted by molar-refractivity contribution is -0.137. The normalized spacial score (nSPS) is 20.2. The molecule has 1 amide bonds. The van der Waals surface area contributed by atoms with Crippen molar-refractivity contribution in [1.82, 2.24) is 4.90 Å². The van der Waals surface area contributed by atoms with Crippen molar-refractivity contribution in [3.63, 3.8) is 0 Å². The highest BCUT2D eigenvalue weighted by atomic mass is 16.6. The minimum atomic E-state index is -0.812. The van der Waals surface area contributed by atoms with Gasteiger partial charge in [0.05, 0.1) is 6.61 Å². The molecule has 0 aromatic heterocycles. The van der Waals surface area contributed by atoms with Gasteiger partial charge in [0.25, 0.3) is 0 Å². The molecule has 0 aliphatic carbocycles. The zero-order valence-electron chi connectivity index (χ0n) is 10.1. The van der Waals surface area contributed by atoms with Crippen LogP contribution in [0.15, 0.2) is 0 Å². The van der Waals surface area contributed by atoms with Crippen LogP contribution in [-0.4, -0.2) is 55.5 Å². The molecule has 1 heterocycles. The lowest BCUT2D eigenvalue weighted by Crippen LogP contribution is -2.43. The Labute approximate surface area is 100 Å². The quantitative estimate of drug-likeness (QED) is 0.676. The van der Waals surface area contributed by atoms with Crippen LogP contribution in [0, 0.1) is 5.92 Å². The lowest BCUT2D eigenvalue weighted by atomic mass is 10.0. The third-order valence-corrected chi connectivity index (χ3v) is 2.72. The van der Waals surface area contributed by atoms with Crippen molar-refractivity contribution in [3.8, 4) is 0 Å². The average Bonchev–Trinajstić information content (AvgIpc) is 2.30. The molecule has 1 aliphatic rings. The molecule has 0 radical (unpaired) electrons. The molecular weight excluding hydrogens is 226 g/mol. The van der Waals surface area contributed by atoms with Gasteiger partial charge in [-0.3, -0.25) is 4.79 Å². The number of carboxylic acids is 1. The molecule has 1 atom stereocenters. The van der Waals surface area contributed by atoms with Crippen molar-refractivity contribution in [1.29, 1.82) is 0 Å². The van der Waals surface area contributed by atoms with Crippen LogP contribution in [0.3, 0.4) is 0 Å². The number of rotatable bonds is 7. The monoisotopic (exact) mass is 245 g/mol. The molecule has 17 heavy (non-hydrogen) atoms. The minimum Gasteiger partial charge on any atom is -0.481 e. The van der Waals surface area contributed by atoms with Gasteiger partial charge in [-0.1, -0.05) is 0 Å². The van der Waals surface area contributed by atoms with Gasteiger partial charge in [0.15, 0.2) is 0 Å². The van der Waals surface area contributed by atoms with E-state index in [1.54, 1.807) is 12.0 Å². The smallest absolute Gasteiger partial charge is 0.409 e. The van der Waals surface area contributed by atoms with E-state index in [1.165, 1.54) is 0 Å². The molecule has 1 rings (SSSR count). The van der Waals surface area contributed by atoms with Crippen LogP contribution >= 0.6 is 0 Å². The third-order valence-electron chi connectivity index (χ3n) is 2.72. The van der Waals surface area contributed by atoms with Crippen LogP contribution in [0.4, 0.5) is 4.79 Å². The second-order valence-corrected chi connectivity index (χ2v) is 4.17. The summed E-state index contributed by atoms with van der Waals surface area (Å²) in [5, 5.41) is 8.60. The van der Waals surface area contributed by atoms with E-state index in [1.807, 2.05) is 0 Å². The standard InChI is InChI=1S/C11H19NO5/c1-16-6-2-5-12-7-9(3-4-10(13)14)8-17-11(12)15/h9H,2-8H2,1H3,(H,13,14). The molecule has 1 aliphatic heterocycles. The highest BCUT2D eigenvalue weighted by molar-refractivity contribution is 5.68. The Morgan fingerprint density at radius 2 is 2.41 bits per heavy atom. The van der Waals surface area contributed by atoms with Gasteiger partial charge in [-0.25, -0.2) is 4.79 Å². The van der Waals surface area contributed by atoms with Crippen LogP contribution in [-0.2, 0) is 14.3 Å². The maximum Gasteiger partial charge on any atom is 0.409 e. The average molecular weight is 245 g/mol. The van der Waals surface area contributed by atoms with Crippen molar-refractivity contribution < 1.29 is 24.2 Å². The Morgan fingerprint density at radius 1 is 1.65 bits per heavy atom. The zero-order chi connectivity index (χ0) is 12.7. The van der Waals surface area contributed by atoms with Gasteiger partial charge in [0.1, 0.15) is 0 Å². The molecule has 0 aromatic carbocycles. The van der Waals surface area contributed by atoms with Gasteiger partial charge in [0.2, 0.25) is 0 Å². The molecule has 98 valence electrons. The highest BCUT2D eigenvalue weighted by Crippen LogP contribution is 2.16. The number of hydrogen-bond acceptors (Lipinski definition) is 4. The van der Waals surface area contributed by atoms with Crippen LogP contribution in [0.5, 0.6) is 0 Å². The van der Waals surface area contributed by atoms with Crippen molar-refractivity contribution >= 4 is 12.1 Å². The van der Waals surface area contributed by atoms with E-state index in [2.05, 4.69) is 0 Å². The van der Waals surface area contributed by atoms with Crippen LogP contribution in [0.2, 0.25) is 0 Å². The number of ether oxygens (including phenoxy) is 2. The summed E-state index contributed by atoms with van der Waals surface area (Å²) in [6.07, 6.45) is 1.11. The number of aliphatic carboxylic acids is 1. The number of hydrogen-bond donors (Lipinski definition) is 1. The summed E-state index contributed by atoms with van der Waals surface area (Å²) >= 11 is 0. The Kier molecular flexibility index (Phi) is 5.76. The number of carboxylic acid groups (broad SMARTS) is 1. The Morgan fingerprint density at radius 3 is 3.06 bits per heavy atom. The van der Waals surface area contributed by atoms with Gasteiger partial charge < -0.3 is 19.5 Å². The van der Waals surface area contributed by atoms with Crippen LogP contribution in [0.1, 0.15) is 19.3 Å². The summed E-state index contributed by atoms with van der Waals surface area (Å²) in [5.41, 5.74) is 0. The molecule has 1 N–H and O–H groups in total. The maximum absolute atomic E-state index is 11.4. The molecule has 1 saturated heterocycles. The SMILES string of the molecule is COCCCN1CC(CCC(=O)O)COC1=O. The number of methoxy groups -OCH3 is 1. The van der Waals surface area contributed by atoms with Gasteiger partial charge in [-0.15, -0.1) is 0 Å². The van der Waals surface area contributed by atoms with E-state index in [-0.39, 0.29) is 18.4 Å². The first-order valence-electron chi connectivity index (χ1n) is 5.76. The second-order valence-electron chi connectivity index (χ2n) is 4.17. The summed E-state index contributed by atoms with van der Waals surface area (Å²) in [5.74, 6) is -0.695. The number of carbonyl (C=O) groups excluding carboxylic acids is 1. The highest BCUT2D eigenvalue weighted by Gasteiger charge is 2.26. The van der Waals surface area contributed by atoms with Gasteiger partial charge >= 0.3 is 12.1 Å². The topological polar surface area (TPSA) is 76.1 Å². The van der Waals surface area contributed by atoms with E-state index in [0.717, 1.165) is 6.42 Å². The number of nitrogens with zero attached hydrogens (tertiary/aromatic N) is 1. The Bertz CT molecular complexity index is 269. The summed E-state index contributed by atoms with van der Waals surface area (Å²) in [4.78, 5) is 23.5. The molecule has 6 nitrogen and oxygen atoms in total. The van der Waals surface area contributed by atoms with E-state index in [0.29, 0.717) is 32.7 Å². The Hall–Kier alpha value is -1.30. The largest absolute Gasteiger partial charge is 0.481 e. The molecule has 1 fully saturated rings. The molecule has 0 aromatic rings. The first-order valence-corrected chi connectivity index (χ1v) is 5.76. The molecular formula is C11H19NO5. The first kappa shape index (κ1) is 13.8. The van der Waals surface area contributed by atoms with Crippen molar-refractivity contribution in [3.05, 3.63) is 0 Å². The van der Waals surface area contributed by atoms with Gasteiger partial charge in [-0.2, -0.15) is 0 Å². The van der Waals surface area contributed by atoms with Crippen LogP contribution < -0.4 is 0 Å². The van der Waals surface area contributed by atoms with E-state index >= 15 is 0 Å². The van der Waals surface area contributed by atoms with Crippen LogP contribution in [0.25, 0.3) is 0 Å². The summed E-state index contributed by atoms with van der Waals surface area (Å²) in [7, 11) is 1.62. The fourth-order valence-corrected chi connectivity index (χ4v) is 1.80. The predicted molar refractivity (Wildman–Crippen MR) is 59.8 cm³/mol. The van der Waals surface area contributed by atoms with E-state index in [4.69, 9.17) is 14.6 Å². The Balaban J connectivity index is 2.31. The first-order chi connectivity index (χ1) is 8.13. The summed E-state index contributed by atoms with van der Waals surface area (Å²) in [6, 6.07) is 0. The van der Waals surface area contributed by atoms with Gasteiger partial charge in [-0.05, 0) is 12.8 Å². The number of carbonyl (C=O) groups is 2. The summed E-state index contributed by atoms with van der Waals surface area (Å²) < 4.78 is 9.94. The summed E-state index contributed by atoms with van der Waals surface area (Å²) in [6.45, 7) is 2.10.